The Balaban J connectivity index is 2.26. The zero-order valence-electron chi connectivity index (χ0n) is 16.1. The minimum Gasteiger partial charge on any atom is -0.337 e. The molecule has 0 aliphatic rings. The Kier molecular flexibility index (Phi) is 4.75. The molecule has 0 amide bonds. The van der Waals surface area contributed by atoms with Crippen LogP contribution >= 0.6 is 0 Å². The van der Waals surface area contributed by atoms with Gasteiger partial charge in [0.25, 0.3) is 0 Å². The maximum atomic E-state index is 13.3. The molecule has 27 heavy (non-hydrogen) atoms. The van der Waals surface area contributed by atoms with Crippen molar-refractivity contribution in [2.75, 3.05) is 12.0 Å². The predicted octanol–water partition coefficient (Wildman–Crippen LogP) is 2.17. The van der Waals surface area contributed by atoms with Crippen molar-refractivity contribution in [3.8, 4) is 0 Å². The lowest BCUT2D eigenvalue weighted by molar-refractivity contribution is 0.219. The lowest BCUT2D eigenvalue weighted by atomic mass is 9.86. The number of hydrogen-bond donors (Lipinski definition) is 0. The van der Waals surface area contributed by atoms with Crippen molar-refractivity contribution < 1.29 is 12.9 Å². The van der Waals surface area contributed by atoms with Gasteiger partial charge in [0, 0.05) is 12.8 Å². The zero-order valence-corrected chi connectivity index (χ0v) is 16.9. The summed E-state index contributed by atoms with van der Waals surface area (Å²) >= 11 is 0. The Morgan fingerprint density at radius 2 is 1.81 bits per heavy atom. The molecule has 8 nitrogen and oxygen atoms in total. The third-order valence-electron chi connectivity index (χ3n) is 4.41. The summed E-state index contributed by atoms with van der Waals surface area (Å²) in [6, 6.07) is 6.84. The fourth-order valence-corrected chi connectivity index (χ4v) is 3.76. The molecule has 0 aliphatic heterocycles. The smallest absolute Gasteiger partial charge is 0.329 e. The number of fused-ring (bicyclic) bond motifs is 1. The Bertz CT molecular complexity index is 1130. The second-order valence-corrected chi connectivity index (χ2v) is 10.1. The predicted molar refractivity (Wildman–Crippen MR) is 103 cm³/mol. The minimum absolute atomic E-state index is 0.0882. The average Bonchev–Trinajstić information content (AvgIpc) is 3.07. The van der Waals surface area contributed by atoms with Crippen LogP contribution < -0.4 is 5.69 Å². The molecule has 0 saturated carbocycles. The standard InChI is InChI=1S/C18H24N4O4S/c1-12-19-16(26-20-12)15(18(2,3)4)22-14-9-7-6-8-13(14)21(17(22)23)10-11-27(5,24)25/h6-9,15H,10-11H2,1-5H3/t15-/m1/s1. The van der Waals surface area contributed by atoms with Gasteiger partial charge in [0.05, 0.1) is 16.8 Å². The Labute approximate surface area is 157 Å². The van der Waals surface area contributed by atoms with Crippen LogP contribution in [0.15, 0.2) is 33.6 Å². The number of imidazole rings is 1. The van der Waals surface area contributed by atoms with Gasteiger partial charge in [0.2, 0.25) is 5.89 Å². The van der Waals surface area contributed by atoms with E-state index in [0.717, 1.165) is 6.26 Å². The van der Waals surface area contributed by atoms with Gasteiger partial charge in [-0.1, -0.05) is 38.1 Å². The summed E-state index contributed by atoms with van der Waals surface area (Å²) in [5, 5.41) is 3.87. The van der Waals surface area contributed by atoms with E-state index in [-0.39, 0.29) is 18.0 Å². The van der Waals surface area contributed by atoms with E-state index in [9.17, 15) is 13.2 Å². The van der Waals surface area contributed by atoms with Crippen LogP contribution in [0.25, 0.3) is 11.0 Å². The monoisotopic (exact) mass is 392 g/mol. The molecule has 2 heterocycles. The summed E-state index contributed by atoms with van der Waals surface area (Å²) in [6.07, 6.45) is 1.16. The van der Waals surface area contributed by atoms with Crippen LogP contribution in [0.1, 0.15) is 38.5 Å². The number of benzene rings is 1. The van der Waals surface area contributed by atoms with Crippen LogP contribution in [0, 0.1) is 12.3 Å². The lowest BCUT2D eigenvalue weighted by Crippen LogP contribution is -2.35. The summed E-state index contributed by atoms with van der Waals surface area (Å²) < 4.78 is 31.8. The van der Waals surface area contributed by atoms with Crippen LogP contribution in [0.3, 0.4) is 0 Å². The molecular weight excluding hydrogens is 368 g/mol. The Morgan fingerprint density at radius 3 is 2.33 bits per heavy atom. The van der Waals surface area contributed by atoms with E-state index in [1.54, 1.807) is 11.5 Å². The van der Waals surface area contributed by atoms with Gasteiger partial charge < -0.3 is 4.52 Å². The topological polar surface area (TPSA) is 100.0 Å². The third kappa shape index (κ3) is 3.83. The molecule has 1 atom stereocenters. The number of hydrogen-bond acceptors (Lipinski definition) is 6. The Morgan fingerprint density at radius 1 is 1.19 bits per heavy atom. The number of sulfone groups is 1. The summed E-state index contributed by atoms with van der Waals surface area (Å²) in [5.41, 5.74) is 0.688. The van der Waals surface area contributed by atoms with E-state index < -0.39 is 21.3 Å². The van der Waals surface area contributed by atoms with E-state index in [1.165, 1.54) is 4.57 Å². The summed E-state index contributed by atoms with van der Waals surface area (Å²) in [4.78, 5) is 17.7. The van der Waals surface area contributed by atoms with E-state index >= 15 is 0 Å². The van der Waals surface area contributed by atoms with Gasteiger partial charge in [-0.25, -0.2) is 13.2 Å². The van der Waals surface area contributed by atoms with Crippen molar-refractivity contribution in [2.45, 2.75) is 40.3 Å². The van der Waals surface area contributed by atoms with Gasteiger partial charge in [0.1, 0.15) is 15.9 Å². The van der Waals surface area contributed by atoms with Crippen LogP contribution in [0.4, 0.5) is 0 Å². The minimum atomic E-state index is -3.21. The first-order chi connectivity index (χ1) is 12.5. The van der Waals surface area contributed by atoms with Gasteiger partial charge >= 0.3 is 5.69 Å². The molecule has 9 heteroatoms. The Hall–Kier alpha value is -2.42. The third-order valence-corrected chi connectivity index (χ3v) is 5.33. The summed E-state index contributed by atoms with van der Waals surface area (Å²) in [6.45, 7) is 7.79. The molecule has 3 aromatic rings. The highest BCUT2D eigenvalue weighted by Crippen LogP contribution is 2.36. The van der Waals surface area contributed by atoms with E-state index in [1.807, 2.05) is 45.0 Å². The van der Waals surface area contributed by atoms with Gasteiger partial charge in [-0.05, 0) is 24.5 Å². The molecule has 3 rings (SSSR count). The summed E-state index contributed by atoms with van der Waals surface area (Å²) in [5.74, 6) is 0.738. The molecule has 0 aliphatic carbocycles. The van der Waals surface area contributed by atoms with Crippen LogP contribution in [-0.4, -0.2) is 39.7 Å². The van der Waals surface area contributed by atoms with Crippen molar-refractivity contribution in [2.24, 2.45) is 5.41 Å². The average molecular weight is 392 g/mol. The molecule has 0 saturated heterocycles. The molecule has 0 unspecified atom stereocenters. The zero-order chi connectivity index (χ0) is 20.0. The molecule has 146 valence electrons. The first-order valence-electron chi connectivity index (χ1n) is 8.67. The summed E-state index contributed by atoms with van der Waals surface area (Å²) in [7, 11) is -3.21. The van der Waals surface area contributed by atoms with Crippen molar-refractivity contribution >= 4 is 20.9 Å². The largest absolute Gasteiger partial charge is 0.337 e. The molecule has 0 radical (unpaired) electrons. The molecule has 0 bridgehead atoms. The fourth-order valence-electron chi connectivity index (χ4n) is 3.25. The number of aromatic nitrogens is 4. The van der Waals surface area contributed by atoms with E-state index in [0.29, 0.717) is 22.7 Å². The fraction of sp³-hybridized carbons (Fsp3) is 0.500. The normalized spacial score (nSPS) is 14.0. The number of rotatable bonds is 5. The second kappa shape index (κ2) is 6.63. The molecule has 2 aromatic heterocycles. The molecule has 1 aromatic carbocycles. The molecule has 0 fully saturated rings. The molecule has 0 spiro atoms. The highest BCUT2D eigenvalue weighted by Gasteiger charge is 2.36. The molecular formula is C18H24N4O4S. The second-order valence-electron chi connectivity index (χ2n) is 7.87. The lowest BCUT2D eigenvalue weighted by Gasteiger charge is -2.28. The van der Waals surface area contributed by atoms with Gasteiger partial charge in [-0.15, -0.1) is 0 Å². The van der Waals surface area contributed by atoms with E-state index in [4.69, 9.17) is 4.52 Å². The highest BCUT2D eigenvalue weighted by atomic mass is 32.2. The quantitative estimate of drug-likeness (QED) is 0.660. The van der Waals surface area contributed by atoms with Crippen molar-refractivity contribution in [3.63, 3.8) is 0 Å². The van der Waals surface area contributed by atoms with E-state index in [2.05, 4.69) is 10.1 Å². The van der Waals surface area contributed by atoms with Gasteiger partial charge in [-0.2, -0.15) is 4.98 Å². The van der Waals surface area contributed by atoms with Crippen LogP contribution in [0.5, 0.6) is 0 Å². The van der Waals surface area contributed by atoms with Crippen molar-refractivity contribution in [1.82, 2.24) is 19.3 Å². The maximum Gasteiger partial charge on any atom is 0.329 e. The van der Waals surface area contributed by atoms with Crippen molar-refractivity contribution in [1.29, 1.82) is 0 Å². The first-order valence-corrected chi connectivity index (χ1v) is 10.7. The van der Waals surface area contributed by atoms with Gasteiger partial charge in [0.15, 0.2) is 5.82 Å². The number of para-hydroxylation sites is 2. The van der Waals surface area contributed by atoms with Crippen molar-refractivity contribution in [3.05, 3.63) is 46.5 Å². The number of nitrogens with zero attached hydrogens (tertiary/aromatic N) is 4. The SMILES string of the molecule is Cc1noc([C@@H](n2c(=O)n(CCS(C)(=O)=O)c3ccccc32)C(C)(C)C)n1. The van der Waals surface area contributed by atoms with Crippen LogP contribution in [0.2, 0.25) is 0 Å². The van der Waals surface area contributed by atoms with Crippen LogP contribution in [-0.2, 0) is 16.4 Å². The highest BCUT2D eigenvalue weighted by molar-refractivity contribution is 7.90. The first kappa shape index (κ1) is 19.3. The van der Waals surface area contributed by atoms with Gasteiger partial charge in [-0.3, -0.25) is 9.13 Å². The number of aryl methyl sites for hydroxylation is 2. The maximum absolute atomic E-state index is 13.3. The molecule has 0 N–H and O–H groups in total.